The first kappa shape index (κ1) is 23.1. The lowest BCUT2D eigenvalue weighted by Gasteiger charge is -2.33. The molecule has 2 heterocycles. The van der Waals surface area contributed by atoms with Gasteiger partial charge < -0.3 is 24.8 Å². The van der Waals surface area contributed by atoms with Crippen LogP contribution in [0.3, 0.4) is 0 Å². The van der Waals surface area contributed by atoms with Gasteiger partial charge in [-0.15, -0.1) is 0 Å². The Kier molecular flexibility index (Phi) is 6.96. The number of nitrogens with zero attached hydrogens (tertiary/aromatic N) is 2. The second-order valence-electron chi connectivity index (χ2n) is 8.21. The molecule has 176 valence electrons. The molecule has 1 aromatic heterocycles. The number of aliphatic carboxylic acids is 1. The van der Waals surface area contributed by atoms with Gasteiger partial charge in [0.1, 0.15) is 23.4 Å². The van der Waals surface area contributed by atoms with E-state index in [0.29, 0.717) is 19.5 Å². The SMILES string of the molecule is COc1ccc(CN(Cc2ccc(OC)cc2)c2cc(C[C@H]3C(=O)N[C@@H]3C(=O)O)ccn2)cc1. The number of anilines is 1. The van der Waals surface area contributed by atoms with E-state index in [2.05, 4.69) is 15.2 Å². The smallest absolute Gasteiger partial charge is 0.327 e. The number of methoxy groups -OCH3 is 2. The van der Waals surface area contributed by atoms with E-state index < -0.39 is 17.9 Å². The minimum Gasteiger partial charge on any atom is -0.497 e. The maximum atomic E-state index is 11.9. The van der Waals surface area contributed by atoms with Crippen LogP contribution in [0.15, 0.2) is 66.9 Å². The first-order valence-electron chi connectivity index (χ1n) is 11.0. The van der Waals surface area contributed by atoms with Crippen molar-refractivity contribution in [3.05, 3.63) is 83.6 Å². The van der Waals surface area contributed by atoms with Crippen LogP contribution in [0.1, 0.15) is 16.7 Å². The molecule has 1 saturated heterocycles. The number of amides is 1. The average Bonchev–Trinajstić information content (AvgIpc) is 2.86. The summed E-state index contributed by atoms with van der Waals surface area (Å²) < 4.78 is 10.5. The number of pyridine rings is 1. The van der Waals surface area contributed by atoms with E-state index in [1.165, 1.54) is 0 Å². The third kappa shape index (κ3) is 5.28. The number of carboxylic acid groups (broad SMARTS) is 1. The van der Waals surface area contributed by atoms with Crippen LogP contribution in [0.2, 0.25) is 0 Å². The predicted molar refractivity (Wildman–Crippen MR) is 127 cm³/mol. The number of carbonyl (C=O) groups excluding carboxylic acids is 1. The van der Waals surface area contributed by atoms with E-state index in [1.54, 1.807) is 20.4 Å². The van der Waals surface area contributed by atoms with Gasteiger partial charge in [-0.2, -0.15) is 0 Å². The van der Waals surface area contributed by atoms with Crippen LogP contribution in [-0.2, 0) is 29.1 Å². The fraction of sp³-hybridized carbons (Fsp3) is 0.269. The van der Waals surface area contributed by atoms with Crippen LogP contribution in [0.5, 0.6) is 11.5 Å². The molecular formula is C26H27N3O5. The second-order valence-corrected chi connectivity index (χ2v) is 8.21. The Labute approximate surface area is 198 Å². The molecule has 1 fully saturated rings. The molecule has 1 amide bonds. The Morgan fingerprint density at radius 2 is 1.50 bits per heavy atom. The number of hydrogen-bond acceptors (Lipinski definition) is 6. The molecule has 2 atom stereocenters. The van der Waals surface area contributed by atoms with Gasteiger partial charge in [0.2, 0.25) is 5.91 Å². The molecule has 2 aromatic carbocycles. The highest BCUT2D eigenvalue weighted by Gasteiger charge is 2.43. The molecule has 2 N–H and O–H groups in total. The van der Waals surface area contributed by atoms with Crippen molar-refractivity contribution < 1.29 is 24.2 Å². The van der Waals surface area contributed by atoms with Gasteiger partial charge in [-0.25, -0.2) is 9.78 Å². The third-order valence-corrected chi connectivity index (χ3v) is 5.96. The van der Waals surface area contributed by atoms with Gasteiger partial charge >= 0.3 is 5.97 Å². The standard InChI is InChI=1S/C26H27N3O5/c1-33-20-7-3-17(4-8-20)15-29(16-18-5-9-21(34-2)10-6-18)23-14-19(11-12-27-23)13-22-24(26(31)32)28-25(22)30/h3-12,14,22,24H,13,15-16H2,1-2H3,(H,28,30)(H,31,32)/t22-,24+/m1/s1. The van der Waals surface area contributed by atoms with Gasteiger partial charge in [-0.05, 0) is 59.5 Å². The molecular weight excluding hydrogens is 434 g/mol. The summed E-state index contributed by atoms with van der Waals surface area (Å²) in [4.78, 5) is 30.0. The molecule has 4 rings (SSSR count). The zero-order valence-electron chi connectivity index (χ0n) is 19.1. The van der Waals surface area contributed by atoms with Gasteiger partial charge in [0, 0.05) is 19.3 Å². The lowest BCUT2D eigenvalue weighted by atomic mass is 9.85. The molecule has 1 aliphatic heterocycles. The molecule has 0 radical (unpaired) electrons. The Bertz CT molecular complexity index is 1100. The number of nitrogens with one attached hydrogen (secondary N) is 1. The quantitative estimate of drug-likeness (QED) is 0.448. The van der Waals surface area contributed by atoms with Gasteiger partial charge in [0.15, 0.2) is 0 Å². The van der Waals surface area contributed by atoms with Crippen LogP contribution in [-0.4, -0.2) is 42.2 Å². The van der Waals surface area contributed by atoms with Gasteiger partial charge in [-0.1, -0.05) is 24.3 Å². The van der Waals surface area contributed by atoms with Crippen molar-refractivity contribution in [2.45, 2.75) is 25.6 Å². The maximum absolute atomic E-state index is 11.9. The summed E-state index contributed by atoms with van der Waals surface area (Å²) in [5.74, 6) is 0.494. The van der Waals surface area contributed by atoms with Crippen molar-refractivity contribution in [1.29, 1.82) is 0 Å². The van der Waals surface area contributed by atoms with Crippen LogP contribution in [0.4, 0.5) is 5.82 Å². The monoisotopic (exact) mass is 461 g/mol. The van der Waals surface area contributed by atoms with Gasteiger partial charge in [0.25, 0.3) is 0 Å². The number of rotatable bonds is 10. The average molecular weight is 462 g/mol. The minimum absolute atomic E-state index is 0.237. The summed E-state index contributed by atoms with van der Waals surface area (Å²) >= 11 is 0. The van der Waals surface area contributed by atoms with Crippen molar-refractivity contribution in [3.8, 4) is 11.5 Å². The lowest BCUT2D eigenvalue weighted by molar-refractivity contribution is -0.153. The zero-order valence-corrected chi connectivity index (χ0v) is 19.1. The molecule has 8 nitrogen and oxygen atoms in total. The van der Waals surface area contributed by atoms with E-state index in [9.17, 15) is 14.7 Å². The topological polar surface area (TPSA) is 101 Å². The van der Waals surface area contributed by atoms with Gasteiger partial charge in [0.05, 0.1) is 20.1 Å². The highest BCUT2D eigenvalue weighted by molar-refractivity contribution is 5.96. The number of ether oxygens (including phenoxy) is 2. The Morgan fingerprint density at radius 3 is 1.97 bits per heavy atom. The first-order valence-corrected chi connectivity index (χ1v) is 11.0. The van der Waals surface area contributed by atoms with Crippen LogP contribution >= 0.6 is 0 Å². The summed E-state index contributed by atoms with van der Waals surface area (Å²) in [5, 5.41) is 11.7. The third-order valence-electron chi connectivity index (χ3n) is 5.96. The molecule has 8 heteroatoms. The predicted octanol–water partition coefficient (Wildman–Crippen LogP) is 3.05. The first-order chi connectivity index (χ1) is 16.5. The molecule has 0 spiro atoms. The highest BCUT2D eigenvalue weighted by atomic mass is 16.5. The van der Waals surface area contributed by atoms with Crippen molar-refractivity contribution >= 4 is 17.7 Å². The maximum Gasteiger partial charge on any atom is 0.327 e. The Balaban J connectivity index is 1.58. The lowest BCUT2D eigenvalue weighted by Crippen LogP contribution is -2.62. The Morgan fingerprint density at radius 1 is 0.941 bits per heavy atom. The number of aromatic nitrogens is 1. The molecule has 1 aliphatic rings. The van der Waals surface area contributed by atoms with Gasteiger partial charge in [-0.3, -0.25) is 4.79 Å². The van der Waals surface area contributed by atoms with E-state index >= 15 is 0 Å². The van der Waals surface area contributed by atoms with Crippen molar-refractivity contribution in [1.82, 2.24) is 10.3 Å². The molecule has 0 bridgehead atoms. The van der Waals surface area contributed by atoms with E-state index in [-0.39, 0.29) is 5.91 Å². The zero-order chi connectivity index (χ0) is 24.1. The molecule has 0 saturated carbocycles. The van der Waals surface area contributed by atoms with Crippen molar-refractivity contribution in [2.24, 2.45) is 5.92 Å². The highest BCUT2D eigenvalue weighted by Crippen LogP contribution is 2.25. The summed E-state index contributed by atoms with van der Waals surface area (Å²) in [6, 6.07) is 18.7. The minimum atomic E-state index is -1.01. The summed E-state index contributed by atoms with van der Waals surface area (Å²) in [6.45, 7) is 1.21. The number of benzene rings is 2. The summed E-state index contributed by atoms with van der Waals surface area (Å²) in [7, 11) is 3.27. The number of β-lactam (4-membered cyclic amide) rings is 1. The Hall–Kier alpha value is -4.07. The number of carboxylic acids is 1. The summed E-state index contributed by atoms with van der Waals surface area (Å²) in [6.07, 6.45) is 2.04. The van der Waals surface area contributed by atoms with Crippen molar-refractivity contribution in [3.63, 3.8) is 0 Å². The second kappa shape index (κ2) is 10.2. The normalized spacial score (nSPS) is 16.8. The van der Waals surface area contributed by atoms with Crippen molar-refractivity contribution in [2.75, 3.05) is 19.1 Å². The largest absolute Gasteiger partial charge is 0.497 e. The number of hydrogen-bond donors (Lipinski definition) is 2. The summed E-state index contributed by atoms with van der Waals surface area (Å²) in [5.41, 5.74) is 3.04. The van der Waals surface area contributed by atoms with E-state index in [4.69, 9.17) is 9.47 Å². The van der Waals surface area contributed by atoms with Crippen LogP contribution in [0, 0.1) is 5.92 Å². The molecule has 3 aromatic rings. The van der Waals surface area contributed by atoms with E-state index in [0.717, 1.165) is 34.0 Å². The van der Waals surface area contributed by atoms with Crippen LogP contribution in [0.25, 0.3) is 0 Å². The molecule has 34 heavy (non-hydrogen) atoms. The fourth-order valence-electron chi connectivity index (χ4n) is 4.00. The van der Waals surface area contributed by atoms with Crippen LogP contribution < -0.4 is 19.7 Å². The molecule has 0 unspecified atom stereocenters. The fourth-order valence-corrected chi connectivity index (χ4v) is 4.00. The van der Waals surface area contributed by atoms with E-state index in [1.807, 2.05) is 60.7 Å². The molecule has 0 aliphatic carbocycles. The number of carbonyl (C=O) groups is 2.